The lowest BCUT2D eigenvalue weighted by Crippen LogP contribution is -2.52. The molecule has 5 nitrogen and oxygen atoms in total. The molecule has 2 saturated heterocycles. The van der Waals surface area contributed by atoms with Crippen LogP contribution >= 0.6 is 11.6 Å². The molecule has 0 N–H and O–H groups in total. The fourth-order valence-corrected chi connectivity index (χ4v) is 4.46. The normalized spacial score (nSPS) is 18.7. The number of amides is 2. The molecule has 2 fully saturated rings. The summed E-state index contributed by atoms with van der Waals surface area (Å²) in [4.78, 5) is 32.2. The molecule has 0 radical (unpaired) electrons. The Hall–Kier alpha value is -2.37. The molecule has 2 aliphatic rings. The smallest absolute Gasteiger partial charge is 0.255 e. The van der Waals surface area contributed by atoms with Crippen molar-refractivity contribution >= 4 is 23.4 Å². The van der Waals surface area contributed by atoms with Gasteiger partial charge in [0, 0.05) is 39.3 Å². The molecule has 0 aliphatic carbocycles. The van der Waals surface area contributed by atoms with Crippen molar-refractivity contribution in [3.8, 4) is 0 Å². The van der Waals surface area contributed by atoms with E-state index in [1.807, 2.05) is 52.3 Å². The molecule has 29 heavy (non-hydrogen) atoms. The minimum Gasteiger partial charge on any atom is -0.341 e. The third kappa shape index (κ3) is 4.31. The molecule has 1 unspecified atom stereocenters. The van der Waals surface area contributed by atoms with Crippen LogP contribution in [0.2, 0.25) is 5.02 Å². The first-order chi connectivity index (χ1) is 14.1. The number of likely N-dealkylation sites (tertiary alicyclic amines) is 1. The van der Waals surface area contributed by atoms with Crippen LogP contribution in [0.1, 0.15) is 34.8 Å². The van der Waals surface area contributed by atoms with E-state index in [9.17, 15) is 9.59 Å². The summed E-state index contributed by atoms with van der Waals surface area (Å²) in [6.45, 7) is 4.17. The van der Waals surface area contributed by atoms with Crippen LogP contribution in [0.4, 0.5) is 0 Å². The molecule has 6 heteroatoms. The first-order valence-corrected chi connectivity index (χ1v) is 10.6. The van der Waals surface area contributed by atoms with Gasteiger partial charge in [0.2, 0.25) is 5.91 Å². The van der Waals surface area contributed by atoms with Crippen molar-refractivity contribution in [2.45, 2.75) is 18.9 Å². The van der Waals surface area contributed by atoms with E-state index < -0.39 is 0 Å². The van der Waals surface area contributed by atoms with Crippen molar-refractivity contribution < 1.29 is 9.59 Å². The van der Waals surface area contributed by atoms with Gasteiger partial charge in [0.25, 0.3) is 5.91 Å². The van der Waals surface area contributed by atoms with Gasteiger partial charge in [0.15, 0.2) is 0 Å². The molecule has 2 aromatic rings. The molecule has 152 valence electrons. The van der Waals surface area contributed by atoms with Crippen LogP contribution in [0, 0.1) is 0 Å². The molecule has 2 amide bonds. The van der Waals surface area contributed by atoms with Crippen LogP contribution in [0.25, 0.3) is 0 Å². The van der Waals surface area contributed by atoms with Crippen LogP contribution in [-0.2, 0) is 4.79 Å². The van der Waals surface area contributed by atoms with Gasteiger partial charge >= 0.3 is 0 Å². The van der Waals surface area contributed by atoms with Gasteiger partial charge in [-0.2, -0.15) is 0 Å². The molecule has 4 rings (SSSR count). The molecule has 2 aliphatic heterocycles. The highest BCUT2D eigenvalue weighted by molar-refractivity contribution is 6.33. The largest absolute Gasteiger partial charge is 0.341 e. The zero-order valence-electron chi connectivity index (χ0n) is 16.5. The van der Waals surface area contributed by atoms with Crippen molar-refractivity contribution in [1.29, 1.82) is 0 Å². The fraction of sp³-hybridized carbons (Fsp3) is 0.391. The van der Waals surface area contributed by atoms with E-state index in [0.717, 1.165) is 31.5 Å². The Labute approximate surface area is 176 Å². The zero-order chi connectivity index (χ0) is 20.2. The number of nitrogens with zero attached hydrogens (tertiary/aromatic N) is 3. The molecule has 0 saturated carbocycles. The van der Waals surface area contributed by atoms with Crippen LogP contribution in [0.3, 0.4) is 0 Å². The molecular formula is C23H26ClN3O2. The monoisotopic (exact) mass is 411 g/mol. The maximum absolute atomic E-state index is 13.3. The number of carbonyl (C=O) groups excluding carboxylic acids is 2. The summed E-state index contributed by atoms with van der Waals surface area (Å²) >= 11 is 6.20. The summed E-state index contributed by atoms with van der Waals surface area (Å²) in [6, 6.07) is 16.9. The fourth-order valence-electron chi connectivity index (χ4n) is 4.24. The van der Waals surface area contributed by atoms with Gasteiger partial charge in [-0.15, -0.1) is 0 Å². The van der Waals surface area contributed by atoms with Crippen LogP contribution in [0.15, 0.2) is 54.6 Å². The molecular weight excluding hydrogens is 386 g/mol. The summed E-state index contributed by atoms with van der Waals surface area (Å²) < 4.78 is 0. The number of hydrogen-bond donors (Lipinski definition) is 0. The highest BCUT2D eigenvalue weighted by Gasteiger charge is 2.35. The van der Waals surface area contributed by atoms with E-state index in [0.29, 0.717) is 36.8 Å². The molecule has 0 spiro atoms. The Morgan fingerprint density at radius 3 is 2.03 bits per heavy atom. The minimum atomic E-state index is -0.285. The second kappa shape index (κ2) is 8.97. The van der Waals surface area contributed by atoms with E-state index in [1.165, 1.54) is 0 Å². The number of halogens is 1. The number of piperazine rings is 1. The minimum absolute atomic E-state index is 0.0441. The molecule has 0 aromatic heterocycles. The number of carbonyl (C=O) groups is 2. The van der Waals surface area contributed by atoms with Crippen molar-refractivity contribution in [1.82, 2.24) is 14.7 Å². The maximum atomic E-state index is 13.3. The van der Waals surface area contributed by atoms with Gasteiger partial charge in [-0.1, -0.05) is 54.1 Å². The SMILES string of the molecule is O=C(c1ccccc1Cl)N1CCN(C(C(=O)N2CCCC2)c2ccccc2)CC1. The predicted molar refractivity (Wildman–Crippen MR) is 114 cm³/mol. The van der Waals surface area contributed by atoms with Crippen LogP contribution in [0.5, 0.6) is 0 Å². The quantitative estimate of drug-likeness (QED) is 0.773. The first kappa shape index (κ1) is 19.9. The van der Waals surface area contributed by atoms with Gasteiger partial charge in [-0.05, 0) is 30.5 Å². The lowest BCUT2D eigenvalue weighted by atomic mass is 10.0. The Kier molecular flexibility index (Phi) is 6.16. The Morgan fingerprint density at radius 2 is 1.38 bits per heavy atom. The number of benzene rings is 2. The number of hydrogen-bond acceptors (Lipinski definition) is 3. The van der Waals surface area contributed by atoms with Gasteiger partial charge < -0.3 is 9.80 Å². The Balaban J connectivity index is 1.49. The topological polar surface area (TPSA) is 43.9 Å². The van der Waals surface area contributed by atoms with Gasteiger partial charge in [0.1, 0.15) is 6.04 Å². The Bertz CT molecular complexity index is 859. The van der Waals surface area contributed by atoms with Crippen LogP contribution in [-0.4, -0.2) is 65.8 Å². The van der Waals surface area contributed by atoms with Gasteiger partial charge in [-0.3, -0.25) is 14.5 Å². The average molecular weight is 412 g/mol. The third-order valence-electron chi connectivity index (χ3n) is 5.84. The third-order valence-corrected chi connectivity index (χ3v) is 6.17. The number of rotatable bonds is 4. The highest BCUT2D eigenvalue weighted by Crippen LogP contribution is 2.27. The van der Waals surface area contributed by atoms with Crippen molar-refractivity contribution in [3.05, 3.63) is 70.7 Å². The lowest BCUT2D eigenvalue weighted by Gasteiger charge is -2.40. The van der Waals surface area contributed by atoms with Crippen molar-refractivity contribution in [2.75, 3.05) is 39.3 Å². The highest BCUT2D eigenvalue weighted by atomic mass is 35.5. The van der Waals surface area contributed by atoms with Crippen LogP contribution < -0.4 is 0 Å². The molecule has 0 bridgehead atoms. The predicted octanol–water partition coefficient (Wildman–Crippen LogP) is 3.46. The summed E-state index contributed by atoms with van der Waals surface area (Å²) in [6.07, 6.45) is 2.15. The standard InChI is InChI=1S/C23H26ClN3O2/c24-20-11-5-4-10-19(20)22(28)27-16-14-25(15-17-27)21(18-8-2-1-3-9-18)23(29)26-12-6-7-13-26/h1-5,8-11,21H,6-7,12-17H2. The second-order valence-electron chi connectivity index (χ2n) is 7.65. The van der Waals surface area contributed by atoms with E-state index in [-0.39, 0.29) is 17.9 Å². The van der Waals surface area contributed by atoms with Crippen molar-refractivity contribution in [2.24, 2.45) is 0 Å². The van der Waals surface area contributed by atoms with Gasteiger partial charge in [0.05, 0.1) is 10.6 Å². The van der Waals surface area contributed by atoms with Crippen molar-refractivity contribution in [3.63, 3.8) is 0 Å². The van der Waals surface area contributed by atoms with E-state index in [1.54, 1.807) is 12.1 Å². The molecule has 1 atom stereocenters. The summed E-state index contributed by atoms with van der Waals surface area (Å²) in [5.74, 6) is 0.136. The molecule has 2 aromatic carbocycles. The summed E-state index contributed by atoms with van der Waals surface area (Å²) in [7, 11) is 0. The molecule has 2 heterocycles. The first-order valence-electron chi connectivity index (χ1n) is 10.3. The summed E-state index contributed by atoms with van der Waals surface area (Å²) in [5.41, 5.74) is 1.56. The van der Waals surface area contributed by atoms with E-state index in [4.69, 9.17) is 11.6 Å². The second-order valence-corrected chi connectivity index (χ2v) is 8.06. The lowest BCUT2D eigenvalue weighted by molar-refractivity contribution is -0.136. The summed E-state index contributed by atoms with van der Waals surface area (Å²) in [5, 5.41) is 0.478. The maximum Gasteiger partial charge on any atom is 0.255 e. The average Bonchev–Trinajstić information content (AvgIpc) is 3.30. The van der Waals surface area contributed by atoms with Gasteiger partial charge in [-0.25, -0.2) is 0 Å². The van der Waals surface area contributed by atoms with E-state index >= 15 is 0 Å². The van der Waals surface area contributed by atoms with E-state index in [2.05, 4.69) is 4.90 Å². The Morgan fingerprint density at radius 1 is 0.759 bits per heavy atom. The zero-order valence-corrected chi connectivity index (χ0v) is 17.2.